The maximum atomic E-state index is 2.34. The quantitative estimate of drug-likeness (QED) is 0.628. The normalized spacial score (nSPS) is 15.1. The molecule has 2 aliphatic rings. The number of anilines is 1. The van der Waals surface area contributed by atoms with E-state index in [9.17, 15) is 0 Å². The summed E-state index contributed by atoms with van der Waals surface area (Å²) >= 11 is 0. The van der Waals surface area contributed by atoms with Gasteiger partial charge in [-0.2, -0.15) is 0 Å². The molecule has 0 saturated carbocycles. The first kappa shape index (κ1) is 9.78. The van der Waals surface area contributed by atoms with Crippen molar-refractivity contribution in [1.82, 2.24) is 0 Å². The van der Waals surface area contributed by atoms with Gasteiger partial charge in [-0.25, -0.2) is 0 Å². The number of para-hydroxylation sites is 1. The summed E-state index contributed by atoms with van der Waals surface area (Å²) in [6, 6.07) is 17.1. The first-order valence-corrected chi connectivity index (χ1v) is 6.26. The molecule has 2 aliphatic heterocycles. The lowest BCUT2D eigenvalue weighted by Crippen LogP contribution is -2.48. The van der Waals surface area contributed by atoms with Gasteiger partial charge in [0, 0.05) is 5.69 Å². The lowest BCUT2D eigenvalue weighted by Gasteiger charge is -2.34. The van der Waals surface area contributed by atoms with Crippen molar-refractivity contribution in [3.63, 3.8) is 0 Å². The van der Waals surface area contributed by atoms with E-state index in [-0.39, 0.29) is 0 Å². The molecule has 0 aromatic heterocycles. The molecule has 2 heteroatoms. The molecule has 0 unspecified atom stereocenters. The fraction of sp³-hybridized carbons (Fsp3) is 0. The molecule has 1 nitrogen and oxygen atoms in total. The molecule has 0 saturated heterocycles. The zero-order valence-corrected chi connectivity index (χ0v) is 9.95. The van der Waals surface area contributed by atoms with E-state index in [1.54, 1.807) is 0 Å². The minimum Gasteiger partial charge on any atom is -0.383 e. The van der Waals surface area contributed by atoms with E-state index in [1.165, 1.54) is 22.3 Å². The van der Waals surface area contributed by atoms with Crippen LogP contribution in [0.3, 0.4) is 0 Å². The fourth-order valence-corrected chi connectivity index (χ4v) is 2.82. The Balaban J connectivity index is 1.91. The molecule has 18 heavy (non-hydrogen) atoms. The molecule has 2 aromatic carbocycles. The topological polar surface area (TPSA) is 3.24 Å². The monoisotopic (exact) mass is 229 g/mol. The molecule has 2 aromatic rings. The molecular weight excluding hydrogens is 217 g/mol. The van der Waals surface area contributed by atoms with Crippen molar-refractivity contribution in [2.75, 3.05) is 4.81 Å². The number of fused-ring (bicyclic) bond motifs is 5. The van der Waals surface area contributed by atoms with Crippen molar-refractivity contribution in [3.8, 4) is 0 Å². The third kappa shape index (κ3) is 1.29. The molecule has 0 amide bonds. The van der Waals surface area contributed by atoms with Crippen molar-refractivity contribution >= 4 is 30.1 Å². The summed E-state index contributed by atoms with van der Waals surface area (Å²) in [5.74, 6) is 2.28. The second-order valence-electron chi connectivity index (χ2n) is 4.71. The van der Waals surface area contributed by atoms with Crippen LogP contribution in [0.4, 0.5) is 5.69 Å². The van der Waals surface area contributed by atoms with Gasteiger partial charge in [-0.15, -0.1) is 0 Å². The van der Waals surface area contributed by atoms with Crippen molar-refractivity contribution in [2.45, 2.75) is 0 Å². The summed E-state index contributed by atoms with van der Waals surface area (Å²) in [7, 11) is 0. The summed E-state index contributed by atoms with van der Waals surface area (Å²) in [5.41, 5.74) is 5.28. The molecule has 0 spiro atoms. The number of benzene rings is 2. The van der Waals surface area contributed by atoms with Crippen molar-refractivity contribution < 1.29 is 0 Å². The standard InChI is InChI=1S/C16H12BN/c1-3-7-15-13(5-1)10-12-18-16-8-4-2-6-14(16)9-11-17(15)18/h1-12H. The van der Waals surface area contributed by atoms with Gasteiger partial charge in [0.25, 0.3) is 0 Å². The van der Waals surface area contributed by atoms with Gasteiger partial charge < -0.3 is 4.81 Å². The van der Waals surface area contributed by atoms with Gasteiger partial charge in [0.05, 0.1) is 0 Å². The summed E-state index contributed by atoms with van der Waals surface area (Å²) in [6.45, 7) is 0.334. The minimum atomic E-state index is 0.334. The Morgan fingerprint density at radius 2 is 1.56 bits per heavy atom. The summed E-state index contributed by atoms with van der Waals surface area (Å²) in [4.78, 5) is 2.34. The Morgan fingerprint density at radius 1 is 0.778 bits per heavy atom. The molecule has 0 aliphatic carbocycles. The number of hydrogen-bond acceptors (Lipinski definition) is 1. The van der Waals surface area contributed by atoms with Crippen LogP contribution in [0.1, 0.15) is 11.1 Å². The van der Waals surface area contributed by atoms with Gasteiger partial charge >= 0.3 is 6.85 Å². The third-order valence-electron chi connectivity index (χ3n) is 3.70. The SMILES string of the molecule is C1=Cc2ccccc2N2C=Cc3ccccc3B12. The van der Waals surface area contributed by atoms with Crippen LogP contribution >= 0.6 is 0 Å². The molecule has 0 N–H and O–H groups in total. The van der Waals surface area contributed by atoms with E-state index in [0.29, 0.717) is 6.85 Å². The third-order valence-corrected chi connectivity index (χ3v) is 3.70. The van der Waals surface area contributed by atoms with E-state index in [0.717, 1.165) is 0 Å². The van der Waals surface area contributed by atoms with Gasteiger partial charge in [-0.3, -0.25) is 0 Å². The fourth-order valence-electron chi connectivity index (χ4n) is 2.82. The second kappa shape index (κ2) is 3.64. The smallest absolute Gasteiger partial charge is 0.320 e. The average molecular weight is 229 g/mol. The second-order valence-corrected chi connectivity index (χ2v) is 4.71. The Kier molecular flexibility index (Phi) is 1.98. The number of rotatable bonds is 0. The van der Waals surface area contributed by atoms with E-state index < -0.39 is 0 Å². The van der Waals surface area contributed by atoms with Gasteiger partial charge in [0.15, 0.2) is 0 Å². The van der Waals surface area contributed by atoms with Gasteiger partial charge in [-0.05, 0) is 34.9 Å². The average Bonchev–Trinajstić information content (AvgIpc) is 2.46. The molecule has 0 radical (unpaired) electrons. The molecule has 0 atom stereocenters. The van der Waals surface area contributed by atoms with Crippen LogP contribution in [0.15, 0.2) is 60.7 Å². The first-order valence-electron chi connectivity index (χ1n) is 6.26. The van der Waals surface area contributed by atoms with Crippen LogP contribution in [0, 0.1) is 0 Å². The van der Waals surface area contributed by atoms with E-state index in [2.05, 4.69) is 77.7 Å². The van der Waals surface area contributed by atoms with Gasteiger partial charge in [0.1, 0.15) is 0 Å². The Hall–Kier alpha value is -2.22. The van der Waals surface area contributed by atoms with Crippen LogP contribution in [0.25, 0.3) is 12.2 Å². The van der Waals surface area contributed by atoms with Crippen LogP contribution in [-0.4, -0.2) is 6.85 Å². The lowest BCUT2D eigenvalue weighted by atomic mass is 9.50. The van der Waals surface area contributed by atoms with E-state index in [4.69, 9.17) is 0 Å². The molecule has 0 fully saturated rings. The molecule has 84 valence electrons. The number of nitrogens with zero attached hydrogens (tertiary/aromatic N) is 1. The summed E-state index contributed by atoms with van der Waals surface area (Å²) < 4.78 is 0. The van der Waals surface area contributed by atoms with Crippen LogP contribution in [0.2, 0.25) is 0 Å². The Bertz CT molecular complexity index is 613. The first-order chi connectivity index (χ1) is 8.93. The van der Waals surface area contributed by atoms with Gasteiger partial charge in [0.2, 0.25) is 0 Å². The highest BCUT2D eigenvalue weighted by Gasteiger charge is 2.29. The van der Waals surface area contributed by atoms with Crippen LogP contribution < -0.4 is 10.3 Å². The highest BCUT2D eigenvalue weighted by Crippen LogP contribution is 2.29. The predicted molar refractivity (Wildman–Crippen MR) is 78.8 cm³/mol. The van der Waals surface area contributed by atoms with Crippen LogP contribution in [-0.2, 0) is 0 Å². The van der Waals surface area contributed by atoms with Crippen molar-refractivity contribution in [2.24, 2.45) is 0 Å². The van der Waals surface area contributed by atoms with Crippen molar-refractivity contribution in [1.29, 1.82) is 0 Å². The molecule has 0 bridgehead atoms. The van der Waals surface area contributed by atoms with Crippen molar-refractivity contribution in [3.05, 3.63) is 71.8 Å². The highest BCUT2D eigenvalue weighted by molar-refractivity contribution is 6.83. The summed E-state index contributed by atoms with van der Waals surface area (Å²) in [6.07, 6.45) is 6.61. The summed E-state index contributed by atoms with van der Waals surface area (Å²) in [5, 5.41) is 0. The Labute approximate surface area is 107 Å². The predicted octanol–water partition coefficient (Wildman–Crippen LogP) is 2.94. The number of hydrogen-bond donors (Lipinski definition) is 0. The lowest BCUT2D eigenvalue weighted by molar-refractivity contribution is 1.36. The van der Waals surface area contributed by atoms with E-state index >= 15 is 0 Å². The zero-order chi connectivity index (χ0) is 11.9. The molecular formula is C16H12BN. The maximum Gasteiger partial charge on any atom is 0.320 e. The maximum absolute atomic E-state index is 2.34. The van der Waals surface area contributed by atoms with E-state index in [1.807, 2.05) is 0 Å². The minimum absolute atomic E-state index is 0.334. The van der Waals surface area contributed by atoms with Crippen LogP contribution in [0.5, 0.6) is 0 Å². The van der Waals surface area contributed by atoms with Gasteiger partial charge in [-0.1, -0.05) is 54.5 Å². The highest BCUT2D eigenvalue weighted by atomic mass is 15.1. The largest absolute Gasteiger partial charge is 0.383 e. The molecule has 2 heterocycles. The molecule has 4 rings (SSSR count). The zero-order valence-electron chi connectivity index (χ0n) is 9.95. The Morgan fingerprint density at radius 3 is 2.50 bits per heavy atom.